The highest BCUT2D eigenvalue weighted by Crippen LogP contribution is 2.30. The van der Waals surface area contributed by atoms with Crippen LogP contribution >= 0.6 is 0 Å². The number of benzene rings is 2. The second-order valence-corrected chi connectivity index (χ2v) is 7.05. The monoisotopic (exact) mass is 394 g/mol. The first-order valence-corrected chi connectivity index (χ1v) is 9.37. The molecule has 1 aliphatic heterocycles. The Morgan fingerprint density at radius 2 is 1.50 bits per heavy atom. The summed E-state index contributed by atoms with van der Waals surface area (Å²) in [5.41, 5.74) is 0.578. The number of β-amino-alcohol motifs (C(OH)–C–C–N with tert-alkyl or cyclic N) is 1. The summed E-state index contributed by atoms with van der Waals surface area (Å²) in [4.78, 5) is 4.57. The first-order chi connectivity index (χ1) is 13.4. The second kappa shape index (κ2) is 9.41. The maximum absolute atomic E-state index is 12.6. The van der Waals surface area contributed by atoms with Crippen molar-refractivity contribution in [3.05, 3.63) is 65.7 Å². The lowest BCUT2D eigenvalue weighted by molar-refractivity contribution is -0.137. The fourth-order valence-electron chi connectivity index (χ4n) is 3.25. The summed E-state index contributed by atoms with van der Waals surface area (Å²) >= 11 is 0. The van der Waals surface area contributed by atoms with E-state index in [0.717, 1.165) is 44.9 Å². The summed E-state index contributed by atoms with van der Waals surface area (Å²) in [6, 6.07) is 14.8. The summed E-state index contributed by atoms with van der Waals surface area (Å²) in [6.45, 7) is 5.06. The summed E-state index contributed by atoms with van der Waals surface area (Å²) in [6.07, 6.45) is -5.05. The van der Waals surface area contributed by atoms with Crippen LogP contribution in [0.2, 0.25) is 0 Å². The quantitative estimate of drug-likeness (QED) is 0.782. The Balaban J connectivity index is 1.37. The topological polar surface area (TPSA) is 35.9 Å². The number of hydrogen-bond donors (Lipinski definition) is 1. The lowest BCUT2D eigenvalue weighted by Gasteiger charge is -2.35. The number of piperazine rings is 1. The number of halogens is 3. The average molecular weight is 394 g/mol. The molecule has 2 aromatic rings. The van der Waals surface area contributed by atoms with E-state index in [2.05, 4.69) is 21.9 Å². The van der Waals surface area contributed by atoms with E-state index in [0.29, 0.717) is 12.3 Å². The van der Waals surface area contributed by atoms with Gasteiger partial charge in [-0.25, -0.2) is 0 Å². The van der Waals surface area contributed by atoms with Crippen LogP contribution in [-0.2, 0) is 12.7 Å². The van der Waals surface area contributed by atoms with Crippen molar-refractivity contribution in [3.63, 3.8) is 0 Å². The van der Waals surface area contributed by atoms with Crippen LogP contribution in [0.25, 0.3) is 0 Å². The van der Waals surface area contributed by atoms with Gasteiger partial charge in [-0.2, -0.15) is 13.2 Å². The maximum atomic E-state index is 12.6. The van der Waals surface area contributed by atoms with Crippen LogP contribution in [0.15, 0.2) is 54.6 Å². The Bertz CT molecular complexity index is 715. The van der Waals surface area contributed by atoms with Crippen LogP contribution in [0.1, 0.15) is 11.1 Å². The Labute approximate surface area is 163 Å². The molecule has 2 aromatic carbocycles. The molecule has 1 atom stereocenters. The number of nitrogens with zero attached hydrogens (tertiary/aromatic N) is 2. The van der Waals surface area contributed by atoms with Crippen LogP contribution in [0.3, 0.4) is 0 Å². The highest BCUT2D eigenvalue weighted by molar-refractivity contribution is 5.28. The van der Waals surface area contributed by atoms with Gasteiger partial charge in [0.1, 0.15) is 18.5 Å². The minimum atomic E-state index is -4.36. The van der Waals surface area contributed by atoms with Gasteiger partial charge in [-0.05, 0) is 29.8 Å². The molecule has 1 saturated heterocycles. The minimum Gasteiger partial charge on any atom is -0.491 e. The van der Waals surface area contributed by atoms with E-state index in [1.165, 1.54) is 17.7 Å². The van der Waals surface area contributed by atoms with E-state index in [-0.39, 0.29) is 6.61 Å². The number of aliphatic hydroxyl groups excluding tert-OH is 1. The smallest absolute Gasteiger partial charge is 0.416 e. The molecule has 0 amide bonds. The van der Waals surface area contributed by atoms with Gasteiger partial charge >= 0.3 is 6.18 Å². The number of rotatable bonds is 7. The predicted molar refractivity (Wildman–Crippen MR) is 101 cm³/mol. The van der Waals surface area contributed by atoms with E-state index < -0.39 is 17.8 Å². The predicted octanol–water partition coefficient (Wildman–Crippen LogP) is 3.26. The SMILES string of the molecule is O[C@@H](COc1ccc(C(F)(F)F)cc1)CN1CCN(Cc2ccccc2)CC1. The number of ether oxygens (including phenoxy) is 1. The first-order valence-electron chi connectivity index (χ1n) is 9.37. The highest BCUT2D eigenvalue weighted by Gasteiger charge is 2.30. The molecule has 0 aliphatic carbocycles. The zero-order valence-corrected chi connectivity index (χ0v) is 15.6. The van der Waals surface area contributed by atoms with E-state index in [1.54, 1.807) is 0 Å². The van der Waals surface area contributed by atoms with Crippen LogP contribution in [-0.4, -0.2) is 60.3 Å². The van der Waals surface area contributed by atoms with Gasteiger partial charge in [-0.15, -0.1) is 0 Å². The van der Waals surface area contributed by atoms with Crippen molar-refractivity contribution < 1.29 is 23.0 Å². The van der Waals surface area contributed by atoms with Crippen molar-refractivity contribution >= 4 is 0 Å². The van der Waals surface area contributed by atoms with Gasteiger partial charge in [0.05, 0.1) is 5.56 Å². The highest BCUT2D eigenvalue weighted by atomic mass is 19.4. The molecule has 3 rings (SSSR count). The van der Waals surface area contributed by atoms with Crippen molar-refractivity contribution in [1.82, 2.24) is 9.80 Å². The molecule has 152 valence electrons. The molecule has 28 heavy (non-hydrogen) atoms. The first kappa shape index (κ1) is 20.6. The Hall–Kier alpha value is -2.09. The van der Waals surface area contributed by atoms with Crippen molar-refractivity contribution in [2.75, 3.05) is 39.3 Å². The zero-order valence-electron chi connectivity index (χ0n) is 15.6. The van der Waals surface area contributed by atoms with E-state index in [1.807, 2.05) is 18.2 Å². The normalized spacial score (nSPS) is 17.4. The van der Waals surface area contributed by atoms with Gasteiger partial charge in [0, 0.05) is 39.3 Å². The molecule has 1 heterocycles. The third-order valence-electron chi connectivity index (χ3n) is 4.81. The molecular formula is C21H25F3N2O2. The third-order valence-corrected chi connectivity index (χ3v) is 4.81. The van der Waals surface area contributed by atoms with Crippen molar-refractivity contribution in [2.24, 2.45) is 0 Å². The van der Waals surface area contributed by atoms with E-state index in [4.69, 9.17) is 4.74 Å². The Morgan fingerprint density at radius 3 is 2.11 bits per heavy atom. The summed E-state index contributed by atoms with van der Waals surface area (Å²) in [5, 5.41) is 10.2. The standard InChI is InChI=1S/C21H25F3N2O2/c22-21(23,24)18-6-8-20(9-7-18)28-16-19(27)15-26-12-10-25(11-13-26)14-17-4-2-1-3-5-17/h1-9,19,27H,10-16H2/t19-/m1/s1. The average Bonchev–Trinajstić information content (AvgIpc) is 2.68. The molecule has 0 aromatic heterocycles. The van der Waals surface area contributed by atoms with Gasteiger partial charge in [0.2, 0.25) is 0 Å². The summed E-state index contributed by atoms with van der Waals surface area (Å²) in [7, 11) is 0. The van der Waals surface area contributed by atoms with Gasteiger partial charge in [0.15, 0.2) is 0 Å². The number of aliphatic hydroxyl groups is 1. The van der Waals surface area contributed by atoms with E-state index in [9.17, 15) is 18.3 Å². The molecule has 7 heteroatoms. The molecule has 0 radical (unpaired) electrons. The fraction of sp³-hybridized carbons (Fsp3) is 0.429. The molecule has 0 bridgehead atoms. The van der Waals surface area contributed by atoms with E-state index >= 15 is 0 Å². The Morgan fingerprint density at radius 1 is 0.893 bits per heavy atom. The third kappa shape index (κ3) is 6.22. The van der Waals surface area contributed by atoms with Gasteiger partial charge in [-0.1, -0.05) is 30.3 Å². The molecule has 0 saturated carbocycles. The minimum absolute atomic E-state index is 0.0512. The summed E-state index contributed by atoms with van der Waals surface area (Å²) in [5.74, 6) is 0.319. The molecular weight excluding hydrogens is 369 g/mol. The molecule has 1 aliphatic rings. The molecule has 4 nitrogen and oxygen atoms in total. The molecule has 0 unspecified atom stereocenters. The van der Waals surface area contributed by atoms with Crippen molar-refractivity contribution in [1.29, 1.82) is 0 Å². The zero-order chi connectivity index (χ0) is 20.0. The second-order valence-electron chi connectivity index (χ2n) is 7.05. The van der Waals surface area contributed by atoms with Crippen LogP contribution in [0.5, 0.6) is 5.75 Å². The maximum Gasteiger partial charge on any atom is 0.416 e. The molecule has 1 fully saturated rings. The van der Waals surface area contributed by atoms with Crippen molar-refractivity contribution in [3.8, 4) is 5.75 Å². The van der Waals surface area contributed by atoms with Crippen molar-refractivity contribution in [2.45, 2.75) is 18.8 Å². The number of hydrogen-bond acceptors (Lipinski definition) is 4. The lowest BCUT2D eigenvalue weighted by atomic mass is 10.2. The Kier molecular flexibility index (Phi) is 6.93. The largest absolute Gasteiger partial charge is 0.491 e. The molecule has 1 N–H and O–H groups in total. The van der Waals surface area contributed by atoms with Crippen LogP contribution in [0, 0.1) is 0 Å². The lowest BCUT2D eigenvalue weighted by Crippen LogP contribution is -2.48. The van der Waals surface area contributed by atoms with Gasteiger partial charge < -0.3 is 9.84 Å². The fourth-order valence-corrected chi connectivity index (χ4v) is 3.25. The summed E-state index contributed by atoms with van der Waals surface area (Å²) < 4.78 is 43.1. The van der Waals surface area contributed by atoms with Crippen LogP contribution < -0.4 is 4.74 Å². The van der Waals surface area contributed by atoms with Crippen LogP contribution in [0.4, 0.5) is 13.2 Å². The van der Waals surface area contributed by atoms with Gasteiger partial charge in [0.25, 0.3) is 0 Å². The number of alkyl halides is 3. The van der Waals surface area contributed by atoms with Gasteiger partial charge in [-0.3, -0.25) is 9.80 Å². The molecule has 0 spiro atoms.